The first kappa shape index (κ1) is 15.3. The van der Waals surface area contributed by atoms with Crippen LogP contribution in [0.2, 0.25) is 0 Å². The molecular weight excluding hydrogens is 266 g/mol. The van der Waals surface area contributed by atoms with Crippen molar-refractivity contribution in [2.75, 3.05) is 13.7 Å². The lowest BCUT2D eigenvalue weighted by Gasteiger charge is -2.17. The predicted molar refractivity (Wildman–Crippen MR) is 82.6 cm³/mol. The molecular formula is C16H21N3O2. The van der Waals surface area contributed by atoms with E-state index in [1.54, 1.807) is 12.3 Å². The normalized spacial score (nSPS) is 12.1. The van der Waals surface area contributed by atoms with Crippen molar-refractivity contribution in [3.8, 4) is 5.75 Å². The number of aryl methyl sites for hydroxylation is 1. The van der Waals surface area contributed by atoms with E-state index in [0.717, 1.165) is 16.9 Å². The van der Waals surface area contributed by atoms with Crippen molar-refractivity contribution in [3.05, 3.63) is 58.0 Å². The molecule has 1 aromatic heterocycles. The largest absolute Gasteiger partial charge is 0.494 e. The molecule has 2 aromatic rings. The first-order valence-electron chi connectivity index (χ1n) is 7.08. The summed E-state index contributed by atoms with van der Waals surface area (Å²) in [4.78, 5) is 11.9. The van der Waals surface area contributed by atoms with Crippen LogP contribution in [0.15, 0.2) is 41.3 Å². The Labute approximate surface area is 124 Å². The molecule has 21 heavy (non-hydrogen) atoms. The summed E-state index contributed by atoms with van der Waals surface area (Å²) in [5.74, 6) is 0.849. The maximum atomic E-state index is 11.9. The minimum Gasteiger partial charge on any atom is -0.494 e. The van der Waals surface area contributed by atoms with Gasteiger partial charge >= 0.3 is 0 Å². The van der Waals surface area contributed by atoms with Gasteiger partial charge in [-0.1, -0.05) is 12.1 Å². The first-order chi connectivity index (χ1) is 10.1. The molecule has 112 valence electrons. The van der Waals surface area contributed by atoms with E-state index in [0.29, 0.717) is 13.2 Å². The number of hydrogen-bond acceptors (Lipinski definition) is 4. The fourth-order valence-electron chi connectivity index (χ4n) is 2.16. The summed E-state index contributed by atoms with van der Waals surface area (Å²) in [6, 6.07) is 9.51. The van der Waals surface area contributed by atoms with E-state index in [2.05, 4.69) is 10.4 Å². The highest BCUT2D eigenvalue weighted by molar-refractivity contribution is 5.29. The van der Waals surface area contributed by atoms with Crippen LogP contribution in [-0.2, 0) is 6.54 Å². The van der Waals surface area contributed by atoms with E-state index in [1.807, 2.05) is 45.2 Å². The van der Waals surface area contributed by atoms with Gasteiger partial charge in [0, 0.05) is 6.07 Å². The van der Waals surface area contributed by atoms with Gasteiger partial charge in [0.1, 0.15) is 5.75 Å². The minimum absolute atomic E-state index is 0.0218. The van der Waals surface area contributed by atoms with Crippen LogP contribution in [0, 0.1) is 6.92 Å². The quantitative estimate of drug-likeness (QED) is 0.882. The smallest absolute Gasteiger partial charge is 0.267 e. The maximum absolute atomic E-state index is 11.9. The molecule has 0 bridgehead atoms. The molecule has 0 spiro atoms. The number of benzene rings is 1. The van der Waals surface area contributed by atoms with Gasteiger partial charge in [-0.25, -0.2) is 4.68 Å². The second kappa shape index (κ2) is 7.04. The van der Waals surface area contributed by atoms with E-state index in [1.165, 1.54) is 4.68 Å². The second-order valence-electron chi connectivity index (χ2n) is 4.90. The van der Waals surface area contributed by atoms with Crippen LogP contribution in [0.25, 0.3) is 0 Å². The Morgan fingerprint density at radius 3 is 2.62 bits per heavy atom. The summed E-state index contributed by atoms with van der Waals surface area (Å²) in [7, 11) is 1.88. The predicted octanol–water partition coefficient (Wildman–Crippen LogP) is 1.91. The van der Waals surface area contributed by atoms with Gasteiger partial charge < -0.3 is 10.1 Å². The molecule has 1 atom stereocenters. The average molecular weight is 287 g/mol. The molecule has 0 radical (unpaired) electrons. The molecule has 0 aliphatic rings. The Morgan fingerprint density at radius 1 is 1.33 bits per heavy atom. The molecule has 0 fully saturated rings. The van der Waals surface area contributed by atoms with Gasteiger partial charge in [0.25, 0.3) is 5.56 Å². The van der Waals surface area contributed by atoms with Crippen LogP contribution in [0.3, 0.4) is 0 Å². The fraction of sp³-hybridized carbons (Fsp3) is 0.375. The van der Waals surface area contributed by atoms with Gasteiger partial charge in [-0.3, -0.25) is 4.79 Å². The van der Waals surface area contributed by atoms with Crippen LogP contribution in [-0.4, -0.2) is 23.4 Å². The number of hydrogen-bond donors (Lipinski definition) is 1. The summed E-state index contributed by atoms with van der Waals surface area (Å²) in [6.07, 6.45) is 1.70. The molecule has 2 rings (SSSR count). The number of rotatable bonds is 6. The lowest BCUT2D eigenvalue weighted by atomic mass is 10.1. The highest BCUT2D eigenvalue weighted by Gasteiger charge is 2.11. The van der Waals surface area contributed by atoms with Crippen LogP contribution in [0.5, 0.6) is 5.75 Å². The van der Waals surface area contributed by atoms with Crippen molar-refractivity contribution >= 4 is 0 Å². The van der Waals surface area contributed by atoms with Gasteiger partial charge in [-0.2, -0.15) is 5.10 Å². The molecule has 1 N–H and O–H groups in total. The first-order valence-corrected chi connectivity index (χ1v) is 7.08. The topological polar surface area (TPSA) is 56.2 Å². The molecule has 1 heterocycles. The van der Waals surface area contributed by atoms with Gasteiger partial charge in [0.05, 0.1) is 25.4 Å². The standard InChI is InChI=1S/C16H21N3O2/c1-4-21-14-7-5-13(6-8-14)15(17-3)11-19-16(20)9-12(2)10-18-19/h5-10,15,17H,4,11H2,1-3H3. The third-order valence-corrected chi connectivity index (χ3v) is 3.30. The zero-order valence-electron chi connectivity index (χ0n) is 12.7. The summed E-state index contributed by atoms with van der Waals surface area (Å²) in [5.41, 5.74) is 1.88. The van der Waals surface area contributed by atoms with E-state index < -0.39 is 0 Å². The monoisotopic (exact) mass is 287 g/mol. The summed E-state index contributed by atoms with van der Waals surface area (Å²) in [5, 5.41) is 7.40. The van der Waals surface area contributed by atoms with Crippen molar-refractivity contribution in [2.24, 2.45) is 0 Å². The van der Waals surface area contributed by atoms with Crippen LogP contribution in [0.4, 0.5) is 0 Å². The number of nitrogens with zero attached hydrogens (tertiary/aromatic N) is 2. The molecule has 0 amide bonds. The molecule has 5 nitrogen and oxygen atoms in total. The fourth-order valence-corrected chi connectivity index (χ4v) is 2.16. The molecule has 5 heteroatoms. The van der Waals surface area contributed by atoms with E-state index in [4.69, 9.17) is 4.74 Å². The van der Waals surface area contributed by atoms with Crippen molar-refractivity contribution in [1.29, 1.82) is 0 Å². The minimum atomic E-state index is -0.0822. The van der Waals surface area contributed by atoms with Gasteiger partial charge in [0.15, 0.2) is 0 Å². The van der Waals surface area contributed by atoms with E-state index in [9.17, 15) is 4.79 Å². The third kappa shape index (κ3) is 3.92. The SMILES string of the molecule is CCOc1ccc(C(Cn2ncc(C)cc2=O)NC)cc1. The Hall–Kier alpha value is -2.14. The van der Waals surface area contributed by atoms with Crippen molar-refractivity contribution < 1.29 is 4.74 Å². The Morgan fingerprint density at radius 2 is 2.05 bits per heavy atom. The third-order valence-electron chi connectivity index (χ3n) is 3.30. The zero-order valence-corrected chi connectivity index (χ0v) is 12.7. The van der Waals surface area contributed by atoms with Crippen molar-refractivity contribution in [1.82, 2.24) is 15.1 Å². The lowest BCUT2D eigenvalue weighted by Crippen LogP contribution is -2.30. The maximum Gasteiger partial charge on any atom is 0.267 e. The Bertz CT molecular complexity index is 635. The average Bonchev–Trinajstić information content (AvgIpc) is 2.48. The molecule has 0 aliphatic carbocycles. The van der Waals surface area contributed by atoms with E-state index >= 15 is 0 Å². The van der Waals surface area contributed by atoms with Gasteiger partial charge in [-0.05, 0) is 44.2 Å². The zero-order chi connectivity index (χ0) is 15.2. The van der Waals surface area contributed by atoms with Crippen molar-refractivity contribution in [2.45, 2.75) is 26.4 Å². The highest BCUT2D eigenvalue weighted by atomic mass is 16.5. The Kier molecular flexibility index (Phi) is 5.11. The number of aromatic nitrogens is 2. The molecule has 0 saturated carbocycles. The van der Waals surface area contributed by atoms with Gasteiger partial charge in [0.2, 0.25) is 0 Å². The Balaban J connectivity index is 2.17. The van der Waals surface area contributed by atoms with Crippen LogP contribution in [0.1, 0.15) is 24.1 Å². The number of likely N-dealkylation sites (N-methyl/N-ethyl adjacent to an activating group) is 1. The second-order valence-corrected chi connectivity index (χ2v) is 4.90. The molecule has 0 aliphatic heterocycles. The highest BCUT2D eigenvalue weighted by Crippen LogP contribution is 2.18. The summed E-state index contributed by atoms with van der Waals surface area (Å²) in [6.45, 7) is 4.96. The van der Waals surface area contributed by atoms with Crippen LogP contribution < -0.4 is 15.6 Å². The van der Waals surface area contributed by atoms with Crippen molar-refractivity contribution in [3.63, 3.8) is 0 Å². The lowest BCUT2D eigenvalue weighted by molar-refractivity contribution is 0.340. The summed E-state index contributed by atoms with van der Waals surface area (Å²) < 4.78 is 6.91. The number of nitrogens with one attached hydrogen (secondary N) is 1. The van der Waals surface area contributed by atoms with Gasteiger partial charge in [-0.15, -0.1) is 0 Å². The molecule has 1 aromatic carbocycles. The van der Waals surface area contributed by atoms with Crippen LogP contribution >= 0.6 is 0 Å². The number of ether oxygens (including phenoxy) is 1. The molecule has 1 unspecified atom stereocenters. The molecule has 0 saturated heterocycles. The summed E-state index contributed by atoms with van der Waals surface area (Å²) >= 11 is 0. The van der Waals surface area contributed by atoms with E-state index in [-0.39, 0.29) is 11.6 Å².